The highest BCUT2D eigenvalue weighted by Crippen LogP contribution is 2.17. The molecule has 1 aromatic heterocycles. The fraction of sp³-hybridized carbons (Fsp3) is 0.261. The third kappa shape index (κ3) is 6.15. The van der Waals surface area contributed by atoms with Crippen molar-refractivity contribution in [2.24, 2.45) is 0 Å². The molecule has 0 aliphatic carbocycles. The number of anilines is 1. The maximum Gasteiger partial charge on any atom is 0.347 e. The van der Waals surface area contributed by atoms with Crippen LogP contribution in [0.25, 0.3) is 0 Å². The minimum Gasteiger partial charge on any atom is -0.479 e. The number of nitrogens with one attached hydrogen (secondary N) is 1. The third-order valence-electron chi connectivity index (χ3n) is 4.36. The summed E-state index contributed by atoms with van der Waals surface area (Å²) in [6.07, 6.45) is -0.564. The van der Waals surface area contributed by atoms with Crippen molar-refractivity contribution in [1.82, 2.24) is 4.98 Å². The zero-order chi connectivity index (χ0) is 21.5. The van der Waals surface area contributed by atoms with Gasteiger partial charge in [0.1, 0.15) is 17.4 Å². The molecule has 3 aromatic rings. The van der Waals surface area contributed by atoms with Gasteiger partial charge in [0.05, 0.1) is 12.1 Å². The molecule has 0 aliphatic heterocycles. The highest BCUT2D eigenvalue weighted by Gasteiger charge is 2.17. The second-order valence-electron chi connectivity index (χ2n) is 6.95. The summed E-state index contributed by atoms with van der Waals surface area (Å²) in [5.74, 6) is 0.00500. The maximum absolute atomic E-state index is 12.2. The van der Waals surface area contributed by atoms with Crippen molar-refractivity contribution in [2.45, 2.75) is 39.9 Å². The number of benzene rings is 2. The number of aromatic nitrogens is 1. The molecule has 0 bridgehead atoms. The Kier molecular flexibility index (Phi) is 7.19. The zero-order valence-electron chi connectivity index (χ0n) is 17.2. The number of nitrogens with zero attached hydrogens (tertiary/aromatic N) is 1. The molecule has 0 fully saturated rings. The topological polar surface area (TPSA) is 77.5 Å². The second-order valence-corrected chi connectivity index (χ2v) is 7.90. The summed E-state index contributed by atoms with van der Waals surface area (Å²) in [7, 11) is 0. The summed E-state index contributed by atoms with van der Waals surface area (Å²) in [5, 5.41) is 5.34. The van der Waals surface area contributed by atoms with Crippen LogP contribution in [0.15, 0.2) is 53.9 Å². The molecule has 0 saturated carbocycles. The smallest absolute Gasteiger partial charge is 0.347 e. The van der Waals surface area contributed by atoms with E-state index in [9.17, 15) is 9.59 Å². The number of hydrogen-bond donors (Lipinski definition) is 1. The Hall–Kier alpha value is -3.19. The molecule has 0 aliphatic rings. The highest BCUT2D eigenvalue weighted by molar-refractivity contribution is 7.09. The van der Waals surface area contributed by atoms with E-state index in [2.05, 4.69) is 10.3 Å². The van der Waals surface area contributed by atoms with Gasteiger partial charge in [0, 0.05) is 11.1 Å². The van der Waals surface area contributed by atoms with Crippen LogP contribution in [0.3, 0.4) is 0 Å². The quantitative estimate of drug-likeness (QED) is 0.541. The summed E-state index contributed by atoms with van der Waals surface area (Å²) in [4.78, 5) is 28.8. The molecule has 1 N–H and O–H groups in total. The first-order chi connectivity index (χ1) is 14.4. The molecule has 7 heteroatoms. The summed E-state index contributed by atoms with van der Waals surface area (Å²) < 4.78 is 10.9. The number of carbonyl (C=O) groups excluding carboxylic acids is 2. The number of thiazole rings is 1. The molecule has 30 heavy (non-hydrogen) atoms. The lowest BCUT2D eigenvalue weighted by molar-refractivity contribution is -0.152. The average molecular weight is 425 g/mol. The second kappa shape index (κ2) is 10.0. The molecule has 1 unspecified atom stereocenters. The summed E-state index contributed by atoms with van der Waals surface area (Å²) in [5.41, 5.74) is 3.51. The van der Waals surface area contributed by atoms with Crippen molar-refractivity contribution < 1.29 is 19.1 Å². The number of rotatable bonds is 8. The van der Waals surface area contributed by atoms with Gasteiger partial charge in [-0.25, -0.2) is 9.78 Å². The molecule has 0 saturated heterocycles. The van der Waals surface area contributed by atoms with E-state index in [-0.39, 0.29) is 18.9 Å². The summed E-state index contributed by atoms with van der Waals surface area (Å²) in [6.45, 7) is 5.60. The van der Waals surface area contributed by atoms with Crippen LogP contribution in [-0.4, -0.2) is 23.0 Å². The predicted molar refractivity (Wildman–Crippen MR) is 117 cm³/mol. The first kappa shape index (κ1) is 21.5. The van der Waals surface area contributed by atoms with E-state index in [4.69, 9.17) is 9.47 Å². The van der Waals surface area contributed by atoms with Crippen molar-refractivity contribution in [3.05, 3.63) is 75.7 Å². The van der Waals surface area contributed by atoms with E-state index in [1.54, 1.807) is 12.3 Å². The summed E-state index contributed by atoms with van der Waals surface area (Å²) in [6, 6.07) is 15.1. The van der Waals surface area contributed by atoms with Crippen molar-refractivity contribution in [1.29, 1.82) is 0 Å². The lowest BCUT2D eigenvalue weighted by Crippen LogP contribution is -2.26. The molecule has 0 spiro atoms. The van der Waals surface area contributed by atoms with E-state index in [0.717, 1.165) is 16.8 Å². The van der Waals surface area contributed by atoms with Gasteiger partial charge in [-0.05, 0) is 44.5 Å². The Morgan fingerprint density at radius 1 is 1.10 bits per heavy atom. The van der Waals surface area contributed by atoms with Crippen molar-refractivity contribution >= 4 is 28.9 Å². The molecule has 6 nitrogen and oxygen atoms in total. The standard InChI is InChI=1S/C23H24N2O4S/c1-15-8-10-19(11-9-15)29-17(3)23(27)28-13-18-14-30-22(24-18)12-21(26)25-20-7-5-4-6-16(20)2/h4-11,14,17H,12-13H2,1-3H3,(H,25,26). The Bertz CT molecular complexity index is 1010. The number of hydrogen-bond acceptors (Lipinski definition) is 6. The van der Waals surface area contributed by atoms with Crippen LogP contribution in [0.1, 0.15) is 28.8 Å². The number of amides is 1. The molecule has 1 atom stereocenters. The first-order valence-electron chi connectivity index (χ1n) is 9.59. The lowest BCUT2D eigenvalue weighted by Gasteiger charge is -2.13. The van der Waals surface area contributed by atoms with Gasteiger partial charge in [0.15, 0.2) is 6.10 Å². The van der Waals surface area contributed by atoms with Crippen LogP contribution in [0.4, 0.5) is 5.69 Å². The van der Waals surface area contributed by atoms with Gasteiger partial charge in [-0.2, -0.15) is 0 Å². The van der Waals surface area contributed by atoms with E-state index in [0.29, 0.717) is 16.5 Å². The minimum atomic E-state index is -0.731. The molecule has 156 valence electrons. The normalized spacial score (nSPS) is 11.6. The fourth-order valence-electron chi connectivity index (χ4n) is 2.67. The van der Waals surface area contributed by atoms with Crippen LogP contribution < -0.4 is 10.1 Å². The largest absolute Gasteiger partial charge is 0.479 e. The molecular weight excluding hydrogens is 400 g/mol. The first-order valence-corrected chi connectivity index (χ1v) is 10.5. The number of aryl methyl sites for hydroxylation is 2. The Morgan fingerprint density at radius 3 is 2.57 bits per heavy atom. The Morgan fingerprint density at radius 2 is 1.83 bits per heavy atom. The number of para-hydroxylation sites is 1. The van der Waals surface area contributed by atoms with Gasteiger partial charge in [-0.3, -0.25) is 4.79 Å². The van der Waals surface area contributed by atoms with Gasteiger partial charge in [-0.1, -0.05) is 35.9 Å². The molecular formula is C23H24N2O4S. The molecule has 3 rings (SSSR count). The summed E-state index contributed by atoms with van der Waals surface area (Å²) >= 11 is 1.36. The van der Waals surface area contributed by atoms with E-state index >= 15 is 0 Å². The number of esters is 1. The van der Waals surface area contributed by atoms with Crippen LogP contribution >= 0.6 is 11.3 Å². The van der Waals surface area contributed by atoms with Gasteiger partial charge in [0.25, 0.3) is 0 Å². The van der Waals surface area contributed by atoms with Crippen LogP contribution in [0, 0.1) is 13.8 Å². The number of ether oxygens (including phenoxy) is 2. The maximum atomic E-state index is 12.2. The molecule has 2 aromatic carbocycles. The third-order valence-corrected chi connectivity index (χ3v) is 5.26. The monoisotopic (exact) mass is 424 g/mol. The highest BCUT2D eigenvalue weighted by atomic mass is 32.1. The van der Waals surface area contributed by atoms with E-state index in [1.807, 2.05) is 62.4 Å². The molecule has 0 radical (unpaired) electrons. The number of carbonyl (C=O) groups is 2. The minimum absolute atomic E-state index is 0.0380. The van der Waals surface area contributed by atoms with Crippen LogP contribution in [0.5, 0.6) is 5.75 Å². The Balaban J connectivity index is 1.46. The Labute approximate surface area is 179 Å². The van der Waals surface area contributed by atoms with Gasteiger partial charge < -0.3 is 14.8 Å². The molecule has 1 heterocycles. The van der Waals surface area contributed by atoms with Crippen molar-refractivity contribution in [3.63, 3.8) is 0 Å². The van der Waals surface area contributed by atoms with Gasteiger partial charge in [-0.15, -0.1) is 11.3 Å². The van der Waals surface area contributed by atoms with Gasteiger partial charge in [0.2, 0.25) is 5.91 Å². The van der Waals surface area contributed by atoms with Crippen LogP contribution in [-0.2, 0) is 27.4 Å². The predicted octanol–water partition coefficient (Wildman–Crippen LogP) is 4.45. The average Bonchev–Trinajstić information content (AvgIpc) is 3.16. The molecule has 1 amide bonds. The SMILES string of the molecule is Cc1ccc(OC(C)C(=O)OCc2csc(CC(=O)Nc3ccccc3C)n2)cc1. The fourth-order valence-corrected chi connectivity index (χ4v) is 3.45. The van der Waals surface area contributed by atoms with Crippen LogP contribution in [0.2, 0.25) is 0 Å². The van der Waals surface area contributed by atoms with Crippen molar-refractivity contribution in [3.8, 4) is 5.75 Å². The van der Waals surface area contributed by atoms with E-state index in [1.165, 1.54) is 11.3 Å². The lowest BCUT2D eigenvalue weighted by atomic mass is 10.2. The van der Waals surface area contributed by atoms with E-state index < -0.39 is 12.1 Å². The van der Waals surface area contributed by atoms with Gasteiger partial charge >= 0.3 is 5.97 Å². The zero-order valence-corrected chi connectivity index (χ0v) is 18.0. The van der Waals surface area contributed by atoms with Crippen molar-refractivity contribution in [2.75, 3.05) is 5.32 Å².